The van der Waals surface area contributed by atoms with E-state index in [0.29, 0.717) is 6.42 Å². The monoisotopic (exact) mass is 368 g/mol. The summed E-state index contributed by atoms with van der Waals surface area (Å²) in [5, 5.41) is 11.0. The fourth-order valence-electron chi connectivity index (χ4n) is 3.29. The van der Waals surface area contributed by atoms with Gasteiger partial charge in [0.1, 0.15) is 11.5 Å². The number of carboxylic acid groups (broad SMARTS) is 1. The first-order valence-electron chi connectivity index (χ1n) is 9.26. The van der Waals surface area contributed by atoms with Crippen molar-refractivity contribution >= 4 is 16.7 Å². The Morgan fingerprint density at radius 3 is 2.25 bits per heavy atom. The molecule has 0 amide bonds. The molecule has 4 aromatic rings. The maximum Gasteiger partial charge on any atom is 0.303 e. The summed E-state index contributed by atoms with van der Waals surface area (Å²) in [6.45, 7) is 0. The SMILES string of the molecule is O=C(O)CCc1ccc(Oc2c(-c3ccccc3)ccc3ccccc23)cc1. The summed E-state index contributed by atoms with van der Waals surface area (Å²) < 4.78 is 6.34. The molecule has 138 valence electrons. The highest BCUT2D eigenvalue weighted by atomic mass is 16.5. The van der Waals surface area contributed by atoms with Crippen molar-refractivity contribution < 1.29 is 14.6 Å². The first kappa shape index (κ1) is 17.8. The van der Waals surface area contributed by atoms with Crippen LogP contribution in [0.15, 0.2) is 91.0 Å². The fourth-order valence-corrected chi connectivity index (χ4v) is 3.29. The molecule has 0 bridgehead atoms. The lowest BCUT2D eigenvalue weighted by Gasteiger charge is -2.15. The van der Waals surface area contributed by atoms with Gasteiger partial charge >= 0.3 is 5.97 Å². The van der Waals surface area contributed by atoms with Gasteiger partial charge in [-0.3, -0.25) is 4.79 Å². The number of hydrogen-bond acceptors (Lipinski definition) is 2. The molecule has 28 heavy (non-hydrogen) atoms. The van der Waals surface area contributed by atoms with Crippen LogP contribution >= 0.6 is 0 Å². The standard InChI is InChI=1S/C25H20O3/c26-24(27)17-12-18-10-14-21(15-11-18)28-25-22-9-5-4-8-20(22)13-16-23(25)19-6-2-1-3-7-19/h1-11,13-16H,12,17H2,(H,26,27). The summed E-state index contributed by atoms with van der Waals surface area (Å²) >= 11 is 0. The van der Waals surface area contributed by atoms with E-state index in [1.165, 1.54) is 0 Å². The van der Waals surface area contributed by atoms with Gasteiger partial charge < -0.3 is 9.84 Å². The summed E-state index contributed by atoms with van der Waals surface area (Å²) in [5.41, 5.74) is 3.12. The summed E-state index contributed by atoms with van der Waals surface area (Å²) in [7, 11) is 0. The van der Waals surface area contributed by atoms with Gasteiger partial charge in [0.25, 0.3) is 0 Å². The van der Waals surface area contributed by atoms with Crippen molar-refractivity contribution in [2.45, 2.75) is 12.8 Å². The number of hydrogen-bond donors (Lipinski definition) is 1. The number of benzene rings is 4. The third-order valence-electron chi connectivity index (χ3n) is 4.74. The van der Waals surface area contributed by atoms with Crippen LogP contribution in [0.2, 0.25) is 0 Å². The van der Waals surface area contributed by atoms with Gasteiger partial charge in [0.15, 0.2) is 0 Å². The Labute approximate surface area is 163 Å². The molecule has 0 spiro atoms. The van der Waals surface area contributed by atoms with Gasteiger partial charge in [-0.25, -0.2) is 0 Å². The lowest BCUT2D eigenvalue weighted by molar-refractivity contribution is -0.136. The highest BCUT2D eigenvalue weighted by Crippen LogP contribution is 2.39. The van der Waals surface area contributed by atoms with Gasteiger partial charge in [0.05, 0.1) is 0 Å². The van der Waals surface area contributed by atoms with E-state index in [-0.39, 0.29) is 6.42 Å². The quantitative estimate of drug-likeness (QED) is 0.433. The second kappa shape index (κ2) is 7.97. The smallest absolute Gasteiger partial charge is 0.303 e. The number of aliphatic carboxylic acids is 1. The maximum absolute atomic E-state index is 10.8. The molecule has 0 radical (unpaired) electrons. The van der Waals surface area contributed by atoms with Crippen molar-refractivity contribution in [2.24, 2.45) is 0 Å². The predicted molar refractivity (Wildman–Crippen MR) is 112 cm³/mol. The van der Waals surface area contributed by atoms with Crippen LogP contribution in [0.1, 0.15) is 12.0 Å². The van der Waals surface area contributed by atoms with Gasteiger partial charge in [-0.05, 0) is 41.1 Å². The lowest BCUT2D eigenvalue weighted by Crippen LogP contribution is -1.97. The summed E-state index contributed by atoms with van der Waals surface area (Å²) in [4.78, 5) is 10.8. The van der Waals surface area contributed by atoms with Gasteiger partial charge in [-0.1, -0.05) is 72.8 Å². The summed E-state index contributed by atoms with van der Waals surface area (Å²) in [5.74, 6) is 0.763. The molecule has 0 aliphatic heterocycles. The van der Waals surface area contributed by atoms with Crippen molar-refractivity contribution in [1.29, 1.82) is 0 Å². The Hall–Kier alpha value is -3.59. The molecule has 0 heterocycles. The Bertz CT molecular complexity index is 1100. The minimum atomic E-state index is -0.788. The second-order valence-corrected chi connectivity index (χ2v) is 6.67. The van der Waals surface area contributed by atoms with Crippen LogP contribution in [0.4, 0.5) is 0 Å². The Morgan fingerprint density at radius 2 is 1.50 bits per heavy atom. The average molecular weight is 368 g/mol. The molecule has 3 nitrogen and oxygen atoms in total. The van der Waals surface area contributed by atoms with E-state index in [1.54, 1.807) is 0 Å². The molecule has 0 aromatic heterocycles. The van der Waals surface area contributed by atoms with E-state index < -0.39 is 5.97 Å². The van der Waals surface area contributed by atoms with Gasteiger partial charge in [0.2, 0.25) is 0 Å². The molecule has 4 rings (SSSR count). The Kier molecular flexibility index (Phi) is 5.07. The maximum atomic E-state index is 10.8. The van der Waals surface area contributed by atoms with Crippen LogP contribution in [0.5, 0.6) is 11.5 Å². The van der Waals surface area contributed by atoms with E-state index in [2.05, 4.69) is 36.4 Å². The molecule has 0 unspecified atom stereocenters. The van der Waals surface area contributed by atoms with E-state index in [9.17, 15) is 4.79 Å². The molecule has 1 N–H and O–H groups in total. The van der Waals surface area contributed by atoms with Crippen LogP contribution in [0.25, 0.3) is 21.9 Å². The molecule has 0 fully saturated rings. The third-order valence-corrected chi connectivity index (χ3v) is 4.74. The van der Waals surface area contributed by atoms with Crippen molar-refractivity contribution in [3.8, 4) is 22.6 Å². The number of fused-ring (bicyclic) bond motifs is 1. The van der Waals surface area contributed by atoms with Crippen molar-refractivity contribution in [3.05, 3.63) is 96.6 Å². The first-order chi connectivity index (χ1) is 13.7. The molecular formula is C25H20O3. The molecule has 0 atom stereocenters. The molecule has 3 heteroatoms. The van der Waals surface area contributed by atoms with Crippen LogP contribution in [-0.2, 0) is 11.2 Å². The molecular weight excluding hydrogens is 348 g/mol. The molecule has 0 aliphatic carbocycles. The van der Waals surface area contributed by atoms with E-state index in [1.807, 2.05) is 54.6 Å². The zero-order valence-electron chi connectivity index (χ0n) is 15.3. The van der Waals surface area contributed by atoms with E-state index in [0.717, 1.165) is 39.0 Å². The Morgan fingerprint density at radius 1 is 0.786 bits per heavy atom. The zero-order chi connectivity index (χ0) is 19.3. The molecule has 0 aliphatic rings. The normalized spacial score (nSPS) is 10.7. The topological polar surface area (TPSA) is 46.5 Å². The largest absolute Gasteiger partial charge is 0.481 e. The van der Waals surface area contributed by atoms with Gasteiger partial charge in [0, 0.05) is 17.4 Å². The fraction of sp³-hybridized carbons (Fsp3) is 0.0800. The second-order valence-electron chi connectivity index (χ2n) is 6.67. The minimum Gasteiger partial charge on any atom is -0.481 e. The lowest BCUT2D eigenvalue weighted by atomic mass is 9.99. The molecule has 0 saturated carbocycles. The van der Waals surface area contributed by atoms with Crippen LogP contribution in [-0.4, -0.2) is 11.1 Å². The minimum absolute atomic E-state index is 0.127. The number of ether oxygens (including phenoxy) is 1. The highest BCUT2D eigenvalue weighted by Gasteiger charge is 2.12. The highest BCUT2D eigenvalue weighted by molar-refractivity contribution is 5.95. The van der Waals surface area contributed by atoms with E-state index in [4.69, 9.17) is 9.84 Å². The van der Waals surface area contributed by atoms with Crippen molar-refractivity contribution in [1.82, 2.24) is 0 Å². The number of carbonyl (C=O) groups is 1. The number of carboxylic acids is 1. The summed E-state index contributed by atoms with van der Waals surface area (Å²) in [6.07, 6.45) is 0.640. The average Bonchev–Trinajstić information content (AvgIpc) is 2.74. The van der Waals surface area contributed by atoms with Gasteiger partial charge in [-0.15, -0.1) is 0 Å². The Balaban J connectivity index is 1.72. The number of rotatable bonds is 6. The van der Waals surface area contributed by atoms with Crippen LogP contribution in [0.3, 0.4) is 0 Å². The van der Waals surface area contributed by atoms with Crippen molar-refractivity contribution in [3.63, 3.8) is 0 Å². The van der Waals surface area contributed by atoms with E-state index >= 15 is 0 Å². The zero-order valence-corrected chi connectivity index (χ0v) is 15.3. The van der Waals surface area contributed by atoms with Gasteiger partial charge in [-0.2, -0.15) is 0 Å². The predicted octanol–water partition coefficient (Wildman–Crippen LogP) is 6.32. The molecule has 4 aromatic carbocycles. The van der Waals surface area contributed by atoms with Crippen LogP contribution < -0.4 is 4.74 Å². The number of aryl methyl sites for hydroxylation is 1. The summed E-state index contributed by atoms with van der Waals surface area (Å²) in [6, 6.07) is 30.2. The third kappa shape index (κ3) is 3.89. The van der Waals surface area contributed by atoms with Crippen molar-refractivity contribution in [2.75, 3.05) is 0 Å². The molecule has 0 saturated heterocycles. The van der Waals surface area contributed by atoms with Crippen LogP contribution in [0, 0.1) is 0 Å². The first-order valence-corrected chi connectivity index (χ1v) is 9.26.